The molecular weight excluding hydrogens is 314 g/mol. The Morgan fingerprint density at radius 3 is 3.09 bits per heavy atom. The van der Waals surface area contributed by atoms with Gasteiger partial charge in [-0.25, -0.2) is 4.79 Å². The molecule has 7 nitrogen and oxygen atoms in total. The van der Waals surface area contributed by atoms with Crippen molar-refractivity contribution in [3.63, 3.8) is 0 Å². The van der Waals surface area contributed by atoms with Gasteiger partial charge < -0.3 is 15.5 Å². The van der Waals surface area contributed by atoms with Crippen molar-refractivity contribution in [1.82, 2.24) is 20.4 Å². The molecule has 0 aliphatic carbocycles. The number of carbonyl (C=O) groups is 2. The second-order valence-corrected chi connectivity index (χ2v) is 6.03. The zero-order valence-corrected chi connectivity index (χ0v) is 13.4. The SMILES string of the molecule is CCNC(=O)N1Cc2n[nH]c(NC(=O)/C=C/c3cccs3)c2C1. The lowest BCUT2D eigenvalue weighted by Gasteiger charge is -2.15. The molecule has 0 saturated heterocycles. The number of hydrogen-bond acceptors (Lipinski definition) is 4. The summed E-state index contributed by atoms with van der Waals surface area (Å²) in [4.78, 5) is 26.5. The van der Waals surface area contributed by atoms with Crippen LogP contribution in [0.4, 0.5) is 10.6 Å². The van der Waals surface area contributed by atoms with Crippen LogP contribution in [0.3, 0.4) is 0 Å². The lowest BCUT2D eigenvalue weighted by molar-refractivity contribution is -0.111. The first kappa shape index (κ1) is 15.3. The molecule has 0 atom stereocenters. The highest BCUT2D eigenvalue weighted by Gasteiger charge is 2.28. The number of fused-ring (bicyclic) bond motifs is 1. The van der Waals surface area contributed by atoms with Crippen LogP contribution in [0.15, 0.2) is 23.6 Å². The third-order valence-electron chi connectivity index (χ3n) is 3.45. The van der Waals surface area contributed by atoms with E-state index in [1.54, 1.807) is 22.3 Å². The average Bonchev–Trinajstić information content (AvgIpc) is 3.23. The molecule has 1 aliphatic rings. The number of carbonyl (C=O) groups excluding carboxylic acids is 2. The maximum absolute atomic E-state index is 12.0. The summed E-state index contributed by atoms with van der Waals surface area (Å²) in [6.07, 6.45) is 3.24. The van der Waals surface area contributed by atoms with E-state index in [9.17, 15) is 9.59 Å². The van der Waals surface area contributed by atoms with Crippen LogP contribution >= 0.6 is 11.3 Å². The van der Waals surface area contributed by atoms with Gasteiger partial charge in [0.15, 0.2) is 0 Å². The Balaban J connectivity index is 1.63. The van der Waals surface area contributed by atoms with Crippen LogP contribution in [0.1, 0.15) is 23.1 Å². The molecule has 0 bridgehead atoms. The van der Waals surface area contributed by atoms with Crippen LogP contribution in [0.25, 0.3) is 6.08 Å². The second-order valence-electron chi connectivity index (χ2n) is 5.05. The van der Waals surface area contributed by atoms with E-state index >= 15 is 0 Å². The molecule has 0 spiro atoms. The minimum Gasteiger partial charge on any atom is -0.338 e. The molecule has 0 saturated carbocycles. The fourth-order valence-electron chi connectivity index (χ4n) is 2.35. The molecule has 120 valence electrons. The number of anilines is 1. The van der Waals surface area contributed by atoms with Crippen LogP contribution in [0.5, 0.6) is 0 Å². The van der Waals surface area contributed by atoms with Gasteiger partial charge in [0.2, 0.25) is 5.91 Å². The van der Waals surface area contributed by atoms with E-state index < -0.39 is 0 Å². The third-order valence-corrected chi connectivity index (χ3v) is 4.29. The number of aromatic nitrogens is 2. The highest BCUT2D eigenvalue weighted by Crippen LogP contribution is 2.27. The second kappa shape index (κ2) is 6.66. The van der Waals surface area contributed by atoms with Crippen molar-refractivity contribution in [1.29, 1.82) is 0 Å². The summed E-state index contributed by atoms with van der Waals surface area (Å²) in [7, 11) is 0. The van der Waals surface area contributed by atoms with Crippen molar-refractivity contribution in [3.05, 3.63) is 39.7 Å². The molecule has 3 amide bonds. The Morgan fingerprint density at radius 1 is 1.48 bits per heavy atom. The number of rotatable bonds is 4. The van der Waals surface area contributed by atoms with Crippen LogP contribution in [0, 0.1) is 0 Å². The van der Waals surface area contributed by atoms with Gasteiger partial charge in [-0.3, -0.25) is 9.89 Å². The van der Waals surface area contributed by atoms with Gasteiger partial charge in [-0.05, 0) is 24.4 Å². The molecule has 0 radical (unpaired) electrons. The smallest absolute Gasteiger partial charge is 0.318 e. The summed E-state index contributed by atoms with van der Waals surface area (Å²) in [5, 5.41) is 14.5. The van der Waals surface area contributed by atoms with E-state index in [0.29, 0.717) is 25.5 Å². The fourth-order valence-corrected chi connectivity index (χ4v) is 2.97. The number of H-pyrrole nitrogens is 1. The van der Waals surface area contributed by atoms with Crippen LogP contribution in [0.2, 0.25) is 0 Å². The number of nitrogens with one attached hydrogen (secondary N) is 3. The molecule has 0 aromatic carbocycles. The molecule has 2 aromatic heterocycles. The monoisotopic (exact) mass is 331 g/mol. The molecule has 3 rings (SSSR count). The number of thiophene rings is 1. The topological polar surface area (TPSA) is 90.1 Å². The van der Waals surface area contributed by atoms with E-state index in [1.165, 1.54) is 6.08 Å². The summed E-state index contributed by atoms with van der Waals surface area (Å²) in [5.74, 6) is 0.314. The van der Waals surface area contributed by atoms with Gasteiger partial charge in [0.25, 0.3) is 0 Å². The quantitative estimate of drug-likeness (QED) is 0.750. The molecule has 0 fully saturated rings. The summed E-state index contributed by atoms with van der Waals surface area (Å²) in [6, 6.07) is 3.74. The summed E-state index contributed by atoms with van der Waals surface area (Å²) >= 11 is 1.56. The predicted molar refractivity (Wildman–Crippen MR) is 88.9 cm³/mol. The first-order chi connectivity index (χ1) is 11.2. The highest BCUT2D eigenvalue weighted by atomic mass is 32.1. The molecule has 3 N–H and O–H groups in total. The first-order valence-electron chi connectivity index (χ1n) is 7.29. The molecule has 1 aliphatic heterocycles. The van der Waals surface area contributed by atoms with Gasteiger partial charge in [-0.1, -0.05) is 6.07 Å². The molecule has 23 heavy (non-hydrogen) atoms. The lowest BCUT2D eigenvalue weighted by Crippen LogP contribution is -2.36. The standard InChI is InChI=1S/C15H17N5O2S/c1-2-16-15(22)20-8-11-12(9-20)18-19-14(11)17-13(21)6-5-10-4-3-7-23-10/h3-7H,2,8-9H2,1H3,(H,16,22)(H2,17,18,19,21)/b6-5+. The maximum atomic E-state index is 12.0. The minimum absolute atomic E-state index is 0.125. The highest BCUT2D eigenvalue weighted by molar-refractivity contribution is 7.10. The summed E-state index contributed by atoms with van der Waals surface area (Å²) < 4.78 is 0. The van der Waals surface area contributed by atoms with Crippen molar-refractivity contribution >= 4 is 35.2 Å². The minimum atomic E-state index is -0.235. The van der Waals surface area contributed by atoms with Crippen LogP contribution < -0.4 is 10.6 Å². The Bertz CT molecular complexity index is 735. The summed E-state index contributed by atoms with van der Waals surface area (Å²) in [5.41, 5.74) is 1.64. The predicted octanol–water partition coefficient (Wildman–Crippen LogP) is 2.17. The van der Waals surface area contributed by atoms with Gasteiger partial charge >= 0.3 is 6.03 Å². The zero-order chi connectivity index (χ0) is 16.2. The molecule has 0 unspecified atom stereocenters. The molecule has 8 heteroatoms. The largest absolute Gasteiger partial charge is 0.338 e. The maximum Gasteiger partial charge on any atom is 0.318 e. The third kappa shape index (κ3) is 3.42. The normalized spacial score (nSPS) is 13.3. The van der Waals surface area contributed by atoms with Gasteiger partial charge in [0.05, 0.1) is 18.8 Å². The van der Waals surface area contributed by atoms with Gasteiger partial charge in [-0.2, -0.15) is 5.10 Å². The Kier molecular flexibility index (Phi) is 4.42. The zero-order valence-electron chi connectivity index (χ0n) is 12.6. The van der Waals surface area contributed by atoms with E-state index in [4.69, 9.17) is 0 Å². The van der Waals surface area contributed by atoms with Gasteiger partial charge in [0, 0.05) is 23.1 Å². The van der Waals surface area contributed by atoms with E-state index in [2.05, 4.69) is 20.8 Å². The molecule has 2 aromatic rings. The van der Waals surface area contributed by atoms with E-state index in [1.807, 2.05) is 24.4 Å². The first-order valence-corrected chi connectivity index (χ1v) is 8.16. The Morgan fingerprint density at radius 2 is 2.35 bits per heavy atom. The van der Waals surface area contributed by atoms with E-state index in [-0.39, 0.29) is 11.9 Å². The number of nitrogens with zero attached hydrogens (tertiary/aromatic N) is 2. The molecule has 3 heterocycles. The number of hydrogen-bond donors (Lipinski definition) is 3. The van der Waals surface area contributed by atoms with Gasteiger partial charge in [0.1, 0.15) is 5.82 Å². The van der Waals surface area contributed by atoms with Crippen molar-refractivity contribution in [3.8, 4) is 0 Å². The van der Waals surface area contributed by atoms with Crippen LogP contribution in [-0.4, -0.2) is 33.6 Å². The Hall–Kier alpha value is -2.61. The lowest BCUT2D eigenvalue weighted by atomic mass is 10.3. The Labute approximate surface area is 137 Å². The number of urea groups is 1. The molecular formula is C15H17N5O2S. The van der Waals surface area contributed by atoms with Crippen molar-refractivity contribution in [2.24, 2.45) is 0 Å². The van der Waals surface area contributed by atoms with Crippen molar-refractivity contribution in [2.45, 2.75) is 20.0 Å². The van der Waals surface area contributed by atoms with Gasteiger partial charge in [-0.15, -0.1) is 11.3 Å². The van der Waals surface area contributed by atoms with E-state index in [0.717, 1.165) is 16.1 Å². The van der Waals surface area contributed by atoms with Crippen molar-refractivity contribution in [2.75, 3.05) is 11.9 Å². The van der Waals surface area contributed by atoms with Crippen LogP contribution in [-0.2, 0) is 17.9 Å². The summed E-state index contributed by atoms with van der Waals surface area (Å²) in [6.45, 7) is 3.33. The average molecular weight is 331 g/mol. The van der Waals surface area contributed by atoms with Crippen molar-refractivity contribution < 1.29 is 9.59 Å². The fraction of sp³-hybridized carbons (Fsp3) is 0.267. The number of aromatic amines is 1. The number of amides is 3.